The van der Waals surface area contributed by atoms with Crippen LogP contribution in [0.3, 0.4) is 0 Å². The molecule has 41 nitrogen and oxygen atoms in total. The molecule has 0 amide bonds. The molecule has 0 radical (unpaired) electrons. The maximum atomic E-state index is 13.2. The number of benzene rings is 2. The van der Waals surface area contributed by atoms with Crippen molar-refractivity contribution in [1.82, 2.24) is 28.2 Å². The lowest BCUT2D eigenvalue weighted by atomic mass is 9.83. The van der Waals surface area contributed by atoms with Crippen molar-refractivity contribution in [1.29, 1.82) is 0 Å². The topological polar surface area (TPSA) is 561 Å². The van der Waals surface area contributed by atoms with Crippen molar-refractivity contribution in [3.8, 4) is 11.5 Å². The summed E-state index contributed by atoms with van der Waals surface area (Å²) in [7, 11) is -16.1. The third kappa shape index (κ3) is 24.8. The van der Waals surface area contributed by atoms with Crippen LogP contribution in [0, 0.1) is 31.1 Å². The van der Waals surface area contributed by atoms with Crippen molar-refractivity contribution >= 4 is 65.2 Å². The number of hydrogen-bond acceptors (Lipinski definition) is 29. The number of phosphoric ester groups is 1. The number of nitro benzene ring substituents is 2. The molecule has 3 aliphatic rings. The van der Waals surface area contributed by atoms with Crippen LogP contribution >= 0.6 is 39.4 Å². The average Bonchev–Trinajstić information content (AvgIpc) is 1.57. The number of nitrogens with zero attached hydrogens (tertiary/aromatic N) is 6. The van der Waals surface area contributed by atoms with E-state index in [1.807, 2.05) is 27.7 Å². The molecule has 6 heterocycles. The van der Waals surface area contributed by atoms with Crippen LogP contribution in [0.15, 0.2) is 83.8 Å². The van der Waals surface area contributed by atoms with Gasteiger partial charge in [0.1, 0.15) is 48.0 Å². The number of carbonyl (C=O) groups is 1. The van der Waals surface area contributed by atoms with E-state index in [1.54, 1.807) is 41.5 Å². The van der Waals surface area contributed by atoms with Gasteiger partial charge in [-0.2, -0.15) is 13.2 Å². The minimum Gasteiger partial charge on any atom is -0.497 e. The summed E-state index contributed by atoms with van der Waals surface area (Å²) in [5.74, 6) is 0.740. The molecule has 5 unspecified atom stereocenters. The number of halogens is 1. The van der Waals surface area contributed by atoms with E-state index in [1.165, 1.54) is 67.6 Å². The molecule has 2 aromatic carbocycles. The number of aliphatic hydroxyl groups is 3. The number of H-pyrrole nitrogens is 2. The molecule has 3 aromatic heterocycles. The molecule has 13 atom stereocenters. The molecule has 3 aliphatic heterocycles. The SMILES string of the molecule is CC[C@H]1O[C@@H](n2cc(CBr)c(=O)n(C(=O)OC(C)(C)C)c2=O)CC1O[Si](C)(C)C(C)(C)C.COc1ccc([N+](=O)[O-])c([C@@H](OCc2cn([C@H]3CC(O)[C@@H](CO)O3)c(=O)[nH]c2=O)C(C)(C)C)c1.COc1ccc([N+](=O)[O-])c([C@@H](OCc2cn([C@H]3CC(O)[C@@H](COP(=O)(O)OP(=O)(O)OP(=O)(O)O)O3)c(=O)[nH]c2=O)C(C)(C)C)c1. The van der Waals surface area contributed by atoms with Crippen molar-refractivity contribution < 1.29 is 119 Å². The van der Waals surface area contributed by atoms with E-state index in [9.17, 15) is 92.6 Å². The molecule has 8 rings (SSSR count). The fourth-order valence-electron chi connectivity index (χ4n) is 11.6. The first-order valence-corrected chi connectivity index (χ1v) is 43.2. The fraction of sp³-hybridized carbons (Fsp3) is 0.621. The molecular weight excluding hydrogens is 1630 g/mol. The molecule has 0 aliphatic carbocycles. The lowest BCUT2D eigenvalue weighted by molar-refractivity contribution is -0.386. The van der Waals surface area contributed by atoms with Crippen LogP contribution in [0.25, 0.3) is 0 Å². The zero-order valence-electron chi connectivity index (χ0n) is 64.6. The first-order valence-electron chi connectivity index (χ1n) is 34.6. The maximum Gasteiger partial charge on any atom is 0.490 e. The molecule has 0 saturated carbocycles. The second kappa shape index (κ2) is 37.4. The van der Waals surface area contributed by atoms with Gasteiger partial charge >= 0.3 is 46.6 Å². The zero-order chi connectivity index (χ0) is 84.7. The summed E-state index contributed by atoms with van der Waals surface area (Å²) in [5.41, 5.74) is -6.62. The summed E-state index contributed by atoms with van der Waals surface area (Å²) in [6.07, 6.45) is -5.92. The molecule has 0 bridgehead atoms. The van der Waals surface area contributed by atoms with E-state index in [4.69, 9.17) is 52.1 Å². The molecule has 46 heteroatoms. The van der Waals surface area contributed by atoms with Gasteiger partial charge in [-0.15, -0.1) is 0 Å². The molecule has 626 valence electrons. The largest absolute Gasteiger partial charge is 0.497 e. The van der Waals surface area contributed by atoms with Crippen LogP contribution in [0.1, 0.15) is 174 Å². The standard InChI is InChI=1S/C22H37BrN2O6Si.C22H32N3O18P3.C22H29N3O9/c1-10-15-16(31-32(8,9)22(5,6)7)11-17(29-15)24-13-14(12-23)18(26)25(19(24)27)20(28)30-21(2,3)4;1-22(2,3)19(14-7-13(38-4)5-6-15(14)25(29)30)39-10-12-9-24(21(28)23-20(12)27)18-8-16(26)17(41-18)11-40-45(34,35)43-46(36,37)42-44(31,32)33;1-22(2,3)19(14-7-13(32-4)5-6-15(14)25(30)31)33-11-12-9-24(21(29)23-20(12)28)18-8-16(27)17(10-26)34-18/h13,15-17H,10-12H2,1-9H3;5-7,9,16-19,26H,8,10-11H2,1-4H3,(H,34,35)(H,36,37)(H,23,27,28)(H2,31,32,33);5-7,9,16-19,26-27H,8,10-11H2,1-4H3,(H,23,28,29)/t15-,16?,17-;2*16?,17-,18-,19-/m111/s1. The van der Waals surface area contributed by atoms with Crippen molar-refractivity contribution in [3.63, 3.8) is 0 Å². The second-order valence-electron chi connectivity index (χ2n) is 30.8. The highest BCUT2D eigenvalue weighted by Crippen LogP contribution is 2.66. The predicted octanol–water partition coefficient (Wildman–Crippen LogP) is 7.92. The Kier molecular flexibility index (Phi) is 31.3. The molecule has 5 aromatic rings. The van der Waals surface area contributed by atoms with E-state index < -0.39 is 173 Å². The molecular formula is C66H98BrN8O33P3Si. The van der Waals surface area contributed by atoms with Gasteiger partial charge in [0, 0.05) is 60.9 Å². The number of hydrogen-bond donors (Lipinski definition) is 9. The monoisotopic (exact) mass is 1730 g/mol. The Morgan fingerprint density at radius 2 is 1.08 bits per heavy atom. The van der Waals surface area contributed by atoms with E-state index in [0.29, 0.717) is 22.5 Å². The van der Waals surface area contributed by atoms with E-state index in [2.05, 4.69) is 72.9 Å². The van der Waals surface area contributed by atoms with Crippen molar-refractivity contribution in [2.45, 2.75) is 225 Å². The Hall–Kier alpha value is -6.90. The van der Waals surface area contributed by atoms with Gasteiger partial charge in [-0.05, 0) is 80.4 Å². The van der Waals surface area contributed by atoms with Crippen LogP contribution in [0.4, 0.5) is 16.2 Å². The van der Waals surface area contributed by atoms with Gasteiger partial charge in [-0.3, -0.25) is 62.8 Å². The van der Waals surface area contributed by atoms with Gasteiger partial charge in [0.05, 0.1) is 109 Å². The number of rotatable bonds is 27. The number of alkyl halides is 1. The number of aromatic amines is 2. The molecule has 112 heavy (non-hydrogen) atoms. The van der Waals surface area contributed by atoms with Crippen molar-refractivity contribution in [2.24, 2.45) is 10.8 Å². The maximum absolute atomic E-state index is 13.2. The summed E-state index contributed by atoms with van der Waals surface area (Å²) >= 11 is 3.28. The molecule has 0 spiro atoms. The number of aromatic nitrogens is 6. The second-order valence-corrected chi connectivity index (χ2v) is 40.6. The van der Waals surface area contributed by atoms with Gasteiger partial charge in [0.25, 0.3) is 28.1 Å². The van der Waals surface area contributed by atoms with E-state index >= 15 is 0 Å². The summed E-state index contributed by atoms with van der Waals surface area (Å²) in [5, 5.41) is 53.3. The quantitative estimate of drug-likeness (QED) is 0.00792. The highest BCUT2D eigenvalue weighted by molar-refractivity contribution is 9.08. The Labute approximate surface area is 650 Å². The smallest absolute Gasteiger partial charge is 0.490 e. The van der Waals surface area contributed by atoms with E-state index in [-0.39, 0.29) is 81.2 Å². The van der Waals surface area contributed by atoms with Gasteiger partial charge in [-0.25, -0.2) is 32.9 Å². The average molecular weight is 1730 g/mol. The van der Waals surface area contributed by atoms with Gasteiger partial charge < -0.3 is 77.2 Å². The third-order valence-electron chi connectivity index (χ3n) is 18.0. The highest BCUT2D eigenvalue weighted by Gasteiger charge is 2.47. The van der Waals surface area contributed by atoms with Crippen molar-refractivity contribution in [2.75, 3.05) is 27.4 Å². The van der Waals surface area contributed by atoms with Gasteiger partial charge in [0.15, 0.2) is 8.32 Å². The molecule has 9 N–H and O–H groups in total. The van der Waals surface area contributed by atoms with E-state index in [0.717, 1.165) is 21.8 Å². The van der Waals surface area contributed by atoms with Crippen LogP contribution < -0.4 is 43.2 Å². The van der Waals surface area contributed by atoms with Crippen LogP contribution in [0.2, 0.25) is 18.1 Å². The Bertz CT molecular complexity index is 4730. The number of aliphatic hydroxyl groups excluding tert-OH is 3. The summed E-state index contributed by atoms with van der Waals surface area (Å²) in [6, 6.07) is 8.46. The fourth-order valence-corrected chi connectivity index (χ4v) is 16.4. The molecule has 3 fully saturated rings. The Balaban J connectivity index is 0.000000268. The third-order valence-corrected chi connectivity index (χ3v) is 26.9. The number of methoxy groups -OCH3 is 2. The first kappa shape index (κ1) is 94.0. The van der Waals surface area contributed by atoms with Crippen molar-refractivity contribution in [3.05, 3.63) is 166 Å². The number of phosphoric acid groups is 3. The van der Waals surface area contributed by atoms with Crippen LogP contribution in [-0.2, 0) is 78.2 Å². The number of carbonyl (C=O) groups excluding carboxylic acids is 1. The summed E-state index contributed by atoms with van der Waals surface area (Å²) in [4.78, 5) is 151. The number of nitrogens with one attached hydrogen (secondary N) is 2. The minimum absolute atomic E-state index is 0.0350. The van der Waals surface area contributed by atoms with Gasteiger partial charge in [-0.1, -0.05) is 85.2 Å². The summed E-state index contributed by atoms with van der Waals surface area (Å²) in [6.45, 7) is 26.6. The molecule has 3 saturated heterocycles. The zero-order valence-corrected chi connectivity index (χ0v) is 69.8. The highest BCUT2D eigenvalue weighted by atomic mass is 79.9. The van der Waals surface area contributed by atoms with Gasteiger partial charge in [0.2, 0.25) is 0 Å². The predicted molar refractivity (Wildman–Crippen MR) is 402 cm³/mol. The first-order chi connectivity index (χ1) is 51.5. The minimum atomic E-state index is -5.78. The number of ether oxygens (including phenoxy) is 8. The number of nitro groups is 2. The summed E-state index contributed by atoms with van der Waals surface area (Å²) < 4.78 is 102. The van der Waals surface area contributed by atoms with Crippen LogP contribution in [-0.4, -0.2) is 157 Å². The van der Waals surface area contributed by atoms with Crippen LogP contribution in [0.5, 0.6) is 11.5 Å². The Morgan fingerprint density at radius 3 is 1.46 bits per heavy atom. The normalized spacial score (nSPS) is 22.0. The Morgan fingerprint density at radius 1 is 0.652 bits per heavy atom. The lowest BCUT2D eigenvalue weighted by Gasteiger charge is -2.39. The lowest BCUT2D eigenvalue weighted by Crippen LogP contribution is -2.47.